The third kappa shape index (κ3) is 5.30. The van der Waals surface area contributed by atoms with Crippen LogP contribution in [0.4, 0.5) is 0 Å². The van der Waals surface area contributed by atoms with Crippen molar-refractivity contribution in [2.24, 2.45) is 0 Å². The zero-order valence-corrected chi connectivity index (χ0v) is 11.0. The maximum atomic E-state index is 11.1. The Kier molecular flexibility index (Phi) is 6.18. The summed E-state index contributed by atoms with van der Waals surface area (Å²) in [7, 11) is 0. The SMILES string of the molecule is CCOC(=O)CC(O)CN[C@H](C)c1cccs1. The Hall–Kier alpha value is -0.910. The van der Waals surface area contributed by atoms with Gasteiger partial charge in [-0.05, 0) is 25.3 Å². The Balaban J connectivity index is 2.23. The number of aliphatic hydroxyl groups is 1. The summed E-state index contributed by atoms with van der Waals surface area (Å²) in [5, 5.41) is 14.8. The minimum Gasteiger partial charge on any atom is -0.466 e. The molecule has 0 bridgehead atoms. The largest absolute Gasteiger partial charge is 0.466 e. The number of carbonyl (C=O) groups excluding carboxylic acids is 1. The summed E-state index contributed by atoms with van der Waals surface area (Å²) < 4.78 is 4.77. The van der Waals surface area contributed by atoms with Crippen molar-refractivity contribution in [3.63, 3.8) is 0 Å². The molecule has 1 aromatic rings. The number of esters is 1. The third-order valence-electron chi connectivity index (χ3n) is 2.34. The van der Waals surface area contributed by atoms with E-state index in [2.05, 4.69) is 5.32 Å². The van der Waals surface area contributed by atoms with Gasteiger partial charge in [0.1, 0.15) is 0 Å². The van der Waals surface area contributed by atoms with Crippen molar-refractivity contribution in [3.05, 3.63) is 22.4 Å². The summed E-state index contributed by atoms with van der Waals surface area (Å²) in [6, 6.07) is 4.22. The highest BCUT2D eigenvalue weighted by molar-refractivity contribution is 7.10. The number of ether oxygens (including phenoxy) is 1. The van der Waals surface area contributed by atoms with Crippen LogP contribution in [0.5, 0.6) is 0 Å². The number of aliphatic hydroxyl groups excluding tert-OH is 1. The summed E-state index contributed by atoms with van der Waals surface area (Å²) in [6.45, 7) is 4.52. The predicted octanol–water partition coefficient (Wildman–Crippen LogP) is 1.71. The van der Waals surface area contributed by atoms with Crippen LogP contribution in [0.1, 0.15) is 31.2 Å². The molecule has 0 aliphatic rings. The van der Waals surface area contributed by atoms with Gasteiger partial charge in [0.05, 0.1) is 19.1 Å². The number of thiophene rings is 1. The van der Waals surface area contributed by atoms with E-state index in [0.29, 0.717) is 13.2 Å². The molecule has 2 N–H and O–H groups in total. The maximum absolute atomic E-state index is 11.1. The van der Waals surface area contributed by atoms with Crippen LogP contribution in [-0.2, 0) is 9.53 Å². The molecule has 0 radical (unpaired) electrons. The zero-order chi connectivity index (χ0) is 12.7. The average molecular weight is 257 g/mol. The van der Waals surface area contributed by atoms with Crippen molar-refractivity contribution in [2.45, 2.75) is 32.4 Å². The summed E-state index contributed by atoms with van der Waals surface area (Å²) in [4.78, 5) is 12.3. The van der Waals surface area contributed by atoms with Crippen molar-refractivity contribution < 1.29 is 14.6 Å². The monoisotopic (exact) mass is 257 g/mol. The van der Waals surface area contributed by atoms with Gasteiger partial charge in [0, 0.05) is 17.5 Å². The van der Waals surface area contributed by atoms with Gasteiger partial charge in [-0.1, -0.05) is 6.07 Å². The fourth-order valence-electron chi connectivity index (χ4n) is 1.44. The number of hydrogen-bond acceptors (Lipinski definition) is 5. The first-order chi connectivity index (χ1) is 8.13. The number of hydrogen-bond donors (Lipinski definition) is 2. The second-order valence-corrected chi connectivity index (χ2v) is 4.79. The smallest absolute Gasteiger partial charge is 0.308 e. The van der Waals surface area contributed by atoms with Crippen molar-refractivity contribution in [1.29, 1.82) is 0 Å². The number of carbonyl (C=O) groups is 1. The topological polar surface area (TPSA) is 58.6 Å². The first-order valence-electron chi connectivity index (χ1n) is 5.74. The van der Waals surface area contributed by atoms with Crippen LogP contribution >= 0.6 is 11.3 Å². The lowest BCUT2D eigenvalue weighted by Gasteiger charge is -2.15. The molecule has 0 aliphatic heterocycles. The van der Waals surface area contributed by atoms with E-state index < -0.39 is 6.10 Å². The van der Waals surface area contributed by atoms with Crippen LogP contribution in [0.3, 0.4) is 0 Å². The molecule has 5 heteroatoms. The molecular weight excluding hydrogens is 238 g/mol. The Morgan fingerprint density at radius 2 is 2.41 bits per heavy atom. The van der Waals surface area contributed by atoms with Gasteiger partial charge in [-0.2, -0.15) is 0 Å². The normalized spacial score (nSPS) is 14.3. The third-order valence-corrected chi connectivity index (χ3v) is 3.39. The predicted molar refractivity (Wildman–Crippen MR) is 68.0 cm³/mol. The molecule has 0 aliphatic carbocycles. The van der Waals surface area contributed by atoms with Crippen molar-refractivity contribution in [3.8, 4) is 0 Å². The highest BCUT2D eigenvalue weighted by Gasteiger charge is 2.13. The highest BCUT2D eigenvalue weighted by Crippen LogP contribution is 2.17. The molecule has 0 fully saturated rings. The number of nitrogens with one attached hydrogen (secondary N) is 1. The van der Waals surface area contributed by atoms with Crippen molar-refractivity contribution in [2.75, 3.05) is 13.2 Å². The maximum Gasteiger partial charge on any atom is 0.308 e. The second-order valence-electron chi connectivity index (χ2n) is 3.81. The lowest BCUT2D eigenvalue weighted by atomic mass is 10.2. The van der Waals surface area contributed by atoms with Crippen LogP contribution in [0.25, 0.3) is 0 Å². The minimum absolute atomic E-state index is 0.0397. The Labute approximate surface area is 106 Å². The summed E-state index contributed by atoms with van der Waals surface area (Å²) >= 11 is 1.67. The first kappa shape index (κ1) is 14.2. The molecular formula is C12H19NO3S. The van der Waals surface area contributed by atoms with E-state index in [1.165, 1.54) is 4.88 Å². The molecule has 17 heavy (non-hydrogen) atoms. The van der Waals surface area contributed by atoms with E-state index in [-0.39, 0.29) is 18.4 Å². The summed E-state index contributed by atoms with van der Waals surface area (Å²) in [6.07, 6.45) is -0.658. The van der Waals surface area contributed by atoms with Gasteiger partial charge in [-0.3, -0.25) is 4.79 Å². The van der Waals surface area contributed by atoms with Crippen LogP contribution in [0.2, 0.25) is 0 Å². The molecule has 0 aromatic carbocycles. The highest BCUT2D eigenvalue weighted by atomic mass is 32.1. The van der Waals surface area contributed by atoms with E-state index in [1.807, 2.05) is 24.4 Å². The zero-order valence-electron chi connectivity index (χ0n) is 10.2. The fraction of sp³-hybridized carbons (Fsp3) is 0.583. The second kappa shape index (κ2) is 7.42. The van der Waals surface area contributed by atoms with Gasteiger partial charge in [-0.15, -0.1) is 11.3 Å². The lowest BCUT2D eigenvalue weighted by Crippen LogP contribution is -2.30. The molecule has 1 aromatic heterocycles. The van der Waals surface area contributed by atoms with Gasteiger partial charge in [-0.25, -0.2) is 0 Å². The van der Waals surface area contributed by atoms with Gasteiger partial charge in [0.2, 0.25) is 0 Å². The summed E-state index contributed by atoms with van der Waals surface area (Å²) in [5.41, 5.74) is 0. The van der Waals surface area contributed by atoms with Crippen molar-refractivity contribution >= 4 is 17.3 Å². The molecule has 4 nitrogen and oxygen atoms in total. The molecule has 0 spiro atoms. The molecule has 1 heterocycles. The van der Waals surface area contributed by atoms with E-state index in [1.54, 1.807) is 18.3 Å². The van der Waals surface area contributed by atoms with Gasteiger partial charge < -0.3 is 15.2 Å². The minimum atomic E-state index is -0.698. The summed E-state index contributed by atoms with van der Waals surface area (Å²) in [5.74, 6) is -0.356. The van der Waals surface area contributed by atoms with E-state index in [9.17, 15) is 9.90 Å². The molecule has 1 unspecified atom stereocenters. The Morgan fingerprint density at radius 1 is 1.65 bits per heavy atom. The Morgan fingerprint density at radius 3 is 3.00 bits per heavy atom. The van der Waals surface area contributed by atoms with Crippen molar-refractivity contribution in [1.82, 2.24) is 5.32 Å². The van der Waals surface area contributed by atoms with Crippen LogP contribution in [0.15, 0.2) is 17.5 Å². The standard InChI is InChI=1S/C12H19NO3S/c1-3-16-12(15)7-10(14)8-13-9(2)11-5-4-6-17-11/h4-6,9-10,13-14H,3,7-8H2,1-2H3/t9-,10?/m1/s1. The van der Waals surface area contributed by atoms with E-state index in [0.717, 1.165) is 0 Å². The molecule has 1 rings (SSSR count). The quantitative estimate of drug-likeness (QED) is 0.730. The average Bonchev–Trinajstić information content (AvgIpc) is 2.79. The Bertz CT molecular complexity index is 327. The molecule has 96 valence electrons. The number of rotatable bonds is 7. The van der Waals surface area contributed by atoms with Crippen LogP contribution < -0.4 is 5.32 Å². The fourth-order valence-corrected chi connectivity index (χ4v) is 2.19. The molecule has 2 atom stereocenters. The van der Waals surface area contributed by atoms with Gasteiger partial charge in [0.15, 0.2) is 0 Å². The van der Waals surface area contributed by atoms with Crippen LogP contribution in [-0.4, -0.2) is 30.3 Å². The molecule has 0 amide bonds. The molecule has 0 saturated heterocycles. The van der Waals surface area contributed by atoms with E-state index in [4.69, 9.17) is 4.74 Å². The van der Waals surface area contributed by atoms with E-state index >= 15 is 0 Å². The molecule has 0 saturated carbocycles. The van der Waals surface area contributed by atoms with Gasteiger partial charge in [0.25, 0.3) is 0 Å². The lowest BCUT2D eigenvalue weighted by molar-refractivity contribution is -0.145. The first-order valence-corrected chi connectivity index (χ1v) is 6.62. The van der Waals surface area contributed by atoms with Gasteiger partial charge >= 0.3 is 5.97 Å². The van der Waals surface area contributed by atoms with Crippen LogP contribution in [0, 0.1) is 0 Å².